The highest BCUT2D eigenvalue weighted by atomic mass is 16.6. The van der Waals surface area contributed by atoms with Crippen molar-refractivity contribution in [3.63, 3.8) is 0 Å². The molecule has 6 heteroatoms. The number of nitrogens with one attached hydrogen (secondary N) is 1. The van der Waals surface area contributed by atoms with E-state index < -0.39 is 4.92 Å². The predicted octanol–water partition coefficient (Wildman–Crippen LogP) is 1.49. The highest BCUT2D eigenvalue weighted by Gasteiger charge is 2.12. The molecule has 1 N–H and O–H groups in total. The van der Waals surface area contributed by atoms with Crippen molar-refractivity contribution in [2.75, 3.05) is 13.7 Å². The van der Waals surface area contributed by atoms with Gasteiger partial charge in [-0.05, 0) is 5.56 Å². The van der Waals surface area contributed by atoms with Crippen LogP contribution < -0.4 is 5.32 Å². The standard InChI is InChI=1S/C12H16N2O4/c1-9(12(15)18-2)7-13-8-10-3-5-11(6-4-10)14(16)17/h3-6,9,13H,7-8H2,1-2H3. The molecule has 0 saturated heterocycles. The lowest BCUT2D eigenvalue weighted by Crippen LogP contribution is -2.26. The third-order valence-corrected chi connectivity index (χ3v) is 2.53. The molecule has 0 radical (unpaired) electrons. The molecule has 98 valence electrons. The molecule has 1 atom stereocenters. The number of nitro benzene ring substituents is 1. The van der Waals surface area contributed by atoms with Crippen LogP contribution >= 0.6 is 0 Å². The maximum atomic E-state index is 11.1. The molecular formula is C12H16N2O4. The van der Waals surface area contributed by atoms with Crippen LogP contribution in [-0.4, -0.2) is 24.5 Å². The second-order valence-electron chi connectivity index (χ2n) is 3.98. The number of carbonyl (C=O) groups is 1. The monoisotopic (exact) mass is 252 g/mol. The fourth-order valence-corrected chi connectivity index (χ4v) is 1.45. The van der Waals surface area contributed by atoms with E-state index in [0.29, 0.717) is 13.1 Å². The van der Waals surface area contributed by atoms with Crippen molar-refractivity contribution in [3.8, 4) is 0 Å². The number of ether oxygens (including phenoxy) is 1. The molecule has 6 nitrogen and oxygen atoms in total. The summed E-state index contributed by atoms with van der Waals surface area (Å²) in [6.45, 7) is 2.83. The van der Waals surface area contributed by atoms with Gasteiger partial charge in [-0.2, -0.15) is 0 Å². The lowest BCUT2D eigenvalue weighted by molar-refractivity contribution is -0.384. The molecule has 1 aromatic carbocycles. The number of esters is 1. The van der Waals surface area contributed by atoms with E-state index in [2.05, 4.69) is 10.1 Å². The number of benzene rings is 1. The van der Waals surface area contributed by atoms with Crippen LogP contribution in [0.1, 0.15) is 12.5 Å². The molecule has 0 saturated carbocycles. The molecule has 0 aromatic heterocycles. The molecular weight excluding hydrogens is 236 g/mol. The lowest BCUT2D eigenvalue weighted by Gasteiger charge is -2.10. The van der Waals surface area contributed by atoms with E-state index in [0.717, 1.165) is 5.56 Å². The Labute approximate surface area is 105 Å². The van der Waals surface area contributed by atoms with Gasteiger partial charge in [-0.15, -0.1) is 0 Å². The summed E-state index contributed by atoms with van der Waals surface area (Å²) < 4.78 is 4.60. The summed E-state index contributed by atoms with van der Waals surface area (Å²) in [6, 6.07) is 6.30. The minimum Gasteiger partial charge on any atom is -0.469 e. The summed E-state index contributed by atoms with van der Waals surface area (Å²) >= 11 is 0. The van der Waals surface area contributed by atoms with Crippen molar-refractivity contribution >= 4 is 11.7 Å². The molecule has 18 heavy (non-hydrogen) atoms. The lowest BCUT2D eigenvalue weighted by atomic mass is 10.1. The summed E-state index contributed by atoms with van der Waals surface area (Å²) in [6.07, 6.45) is 0. The zero-order chi connectivity index (χ0) is 13.5. The van der Waals surface area contributed by atoms with Gasteiger partial charge in [0, 0.05) is 25.2 Å². The number of carbonyl (C=O) groups excluding carboxylic acids is 1. The number of nitrogens with zero attached hydrogens (tertiary/aromatic N) is 1. The third kappa shape index (κ3) is 4.14. The number of hydrogen-bond acceptors (Lipinski definition) is 5. The van der Waals surface area contributed by atoms with Crippen LogP contribution in [0.25, 0.3) is 0 Å². The molecule has 0 bridgehead atoms. The molecule has 0 heterocycles. The summed E-state index contributed by atoms with van der Waals surface area (Å²) in [4.78, 5) is 21.2. The van der Waals surface area contributed by atoms with E-state index in [4.69, 9.17) is 0 Å². The summed E-state index contributed by atoms with van der Waals surface area (Å²) in [5.41, 5.74) is 0.999. The largest absolute Gasteiger partial charge is 0.469 e. The van der Waals surface area contributed by atoms with E-state index in [1.807, 2.05) is 0 Å². The molecule has 0 amide bonds. The second-order valence-corrected chi connectivity index (χ2v) is 3.98. The third-order valence-electron chi connectivity index (χ3n) is 2.53. The number of methoxy groups -OCH3 is 1. The van der Waals surface area contributed by atoms with Gasteiger partial charge in [0.1, 0.15) is 0 Å². The summed E-state index contributed by atoms with van der Waals surface area (Å²) in [5.74, 6) is -0.473. The molecule has 0 spiro atoms. The van der Waals surface area contributed by atoms with E-state index >= 15 is 0 Å². The maximum absolute atomic E-state index is 11.1. The molecule has 1 aromatic rings. The Morgan fingerprint density at radius 3 is 2.56 bits per heavy atom. The van der Waals surface area contributed by atoms with Gasteiger partial charge >= 0.3 is 5.97 Å². The van der Waals surface area contributed by atoms with E-state index in [1.165, 1.54) is 19.2 Å². The minimum absolute atomic E-state index is 0.0710. The van der Waals surface area contributed by atoms with E-state index in [9.17, 15) is 14.9 Å². The quantitative estimate of drug-likeness (QED) is 0.471. The Morgan fingerprint density at radius 1 is 1.44 bits per heavy atom. The van der Waals surface area contributed by atoms with Gasteiger partial charge in [0.25, 0.3) is 5.69 Å². The van der Waals surface area contributed by atoms with Gasteiger partial charge in [0.2, 0.25) is 0 Å². The van der Waals surface area contributed by atoms with Crippen LogP contribution in [0, 0.1) is 16.0 Å². The Balaban J connectivity index is 2.40. The van der Waals surface area contributed by atoms with Crippen molar-refractivity contribution < 1.29 is 14.5 Å². The number of hydrogen-bond donors (Lipinski definition) is 1. The molecule has 0 aliphatic carbocycles. The van der Waals surface area contributed by atoms with Gasteiger partial charge in [-0.1, -0.05) is 19.1 Å². The van der Waals surface area contributed by atoms with Crippen molar-refractivity contribution in [1.29, 1.82) is 0 Å². The molecule has 1 unspecified atom stereocenters. The molecule has 0 aliphatic heterocycles. The maximum Gasteiger partial charge on any atom is 0.309 e. The van der Waals surface area contributed by atoms with Crippen molar-refractivity contribution in [1.82, 2.24) is 5.32 Å². The fourth-order valence-electron chi connectivity index (χ4n) is 1.45. The van der Waals surface area contributed by atoms with Crippen LogP contribution in [0.3, 0.4) is 0 Å². The zero-order valence-corrected chi connectivity index (χ0v) is 10.4. The summed E-state index contributed by atoms with van der Waals surface area (Å²) in [7, 11) is 1.36. The second kappa shape index (κ2) is 6.70. The number of nitro groups is 1. The highest BCUT2D eigenvalue weighted by molar-refractivity contribution is 5.72. The normalized spacial score (nSPS) is 11.9. The fraction of sp³-hybridized carbons (Fsp3) is 0.417. The van der Waals surface area contributed by atoms with Crippen LogP contribution in [0.2, 0.25) is 0 Å². The van der Waals surface area contributed by atoms with Crippen molar-refractivity contribution in [2.45, 2.75) is 13.5 Å². The number of rotatable bonds is 6. The Kier molecular flexibility index (Phi) is 5.26. The van der Waals surface area contributed by atoms with Gasteiger partial charge < -0.3 is 10.1 Å². The Hall–Kier alpha value is -1.95. The minimum atomic E-state index is -0.434. The van der Waals surface area contributed by atoms with Crippen LogP contribution in [0.4, 0.5) is 5.69 Å². The zero-order valence-electron chi connectivity index (χ0n) is 10.4. The van der Waals surface area contributed by atoms with Crippen LogP contribution in [-0.2, 0) is 16.1 Å². The summed E-state index contributed by atoms with van der Waals surface area (Å²) in [5, 5.41) is 13.6. The molecule has 1 rings (SSSR count). The van der Waals surface area contributed by atoms with Crippen molar-refractivity contribution in [2.24, 2.45) is 5.92 Å². The Bertz CT molecular complexity index is 417. The van der Waals surface area contributed by atoms with E-state index in [1.54, 1.807) is 19.1 Å². The highest BCUT2D eigenvalue weighted by Crippen LogP contribution is 2.11. The predicted molar refractivity (Wildman–Crippen MR) is 66.0 cm³/mol. The van der Waals surface area contributed by atoms with E-state index in [-0.39, 0.29) is 17.6 Å². The van der Waals surface area contributed by atoms with Gasteiger partial charge in [-0.3, -0.25) is 14.9 Å². The van der Waals surface area contributed by atoms with Gasteiger partial charge in [-0.25, -0.2) is 0 Å². The first-order chi connectivity index (χ1) is 8.54. The van der Waals surface area contributed by atoms with Crippen LogP contribution in [0.15, 0.2) is 24.3 Å². The van der Waals surface area contributed by atoms with Gasteiger partial charge in [0.05, 0.1) is 18.0 Å². The smallest absolute Gasteiger partial charge is 0.309 e. The molecule has 0 aliphatic rings. The average molecular weight is 252 g/mol. The SMILES string of the molecule is COC(=O)C(C)CNCc1ccc([N+](=O)[O-])cc1. The first-order valence-electron chi connectivity index (χ1n) is 5.56. The van der Waals surface area contributed by atoms with Crippen LogP contribution in [0.5, 0.6) is 0 Å². The Morgan fingerprint density at radius 2 is 2.06 bits per heavy atom. The van der Waals surface area contributed by atoms with Gasteiger partial charge in [0.15, 0.2) is 0 Å². The average Bonchev–Trinajstić information content (AvgIpc) is 2.38. The topological polar surface area (TPSA) is 81.5 Å². The van der Waals surface area contributed by atoms with Crippen molar-refractivity contribution in [3.05, 3.63) is 39.9 Å². The molecule has 0 fully saturated rings. The number of non-ortho nitro benzene ring substituents is 1. The first-order valence-corrected chi connectivity index (χ1v) is 5.56. The first kappa shape index (κ1) is 14.1.